The third-order valence-electron chi connectivity index (χ3n) is 4.96. The summed E-state index contributed by atoms with van der Waals surface area (Å²) in [6.45, 7) is 2.96. The number of amides is 1. The van der Waals surface area contributed by atoms with Gasteiger partial charge in [0.1, 0.15) is 0 Å². The van der Waals surface area contributed by atoms with Crippen LogP contribution in [0.25, 0.3) is 22.0 Å². The molecule has 2 N–H and O–H groups in total. The van der Waals surface area contributed by atoms with E-state index >= 15 is 0 Å². The van der Waals surface area contributed by atoms with Crippen molar-refractivity contribution in [2.45, 2.75) is 39.0 Å². The van der Waals surface area contributed by atoms with Gasteiger partial charge in [0.25, 0.3) is 0 Å². The first-order valence-electron chi connectivity index (χ1n) is 10.1. The van der Waals surface area contributed by atoms with E-state index in [4.69, 9.17) is 0 Å². The number of benzene rings is 2. The summed E-state index contributed by atoms with van der Waals surface area (Å²) in [5.41, 5.74) is 4.96. The Morgan fingerprint density at radius 2 is 1.86 bits per heavy atom. The molecule has 4 heteroatoms. The molecule has 4 nitrogen and oxygen atoms in total. The van der Waals surface area contributed by atoms with Crippen molar-refractivity contribution in [1.29, 1.82) is 0 Å². The molecule has 0 bridgehead atoms. The fourth-order valence-electron chi connectivity index (χ4n) is 3.57. The number of aliphatic hydroxyl groups is 1. The molecule has 146 valence electrons. The summed E-state index contributed by atoms with van der Waals surface area (Å²) in [6.07, 6.45) is 5.96. The van der Waals surface area contributed by atoms with Crippen LogP contribution in [-0.4, -0.2) is 29.1 Å². The number of aromatic nitrogens is 1. The van der Waals surface area contributed by atoms with Crippen LogP contribution in [0.4, 0.5) is 0 Å². The van der Waals surface area contributed by atoms with Crippen LogP contribution < -0.4 is 5.32 Å². The predicted octanol–water partition coefficient (Wildman–Crippen LogP) is 4.29. The first-order chi connectivity index (χ1) is 13.7. The first kappa shape index (κ1) is 20.0. The summed E-state index contributed by atoms with van der Waals surface area (Å²) in [6, 6.07) is 16.2. The van der Waals surface area contributed by atoms with Crippen molar-refractivity contribution in [2.75, 3.05) is 13.2 Å². The largest absolute Gasteiger partial charge is 0.396 e. The Morgan fingerprint density at radius 1 is 1.04 bits per heavy atom. The fraction of sp³-hybridized carbons (Fsp3) is 0.333. The summed E-state index contributed by atoms with van der Waals surface area (Å²) in [5.74, 6) is 0.0287. The minimum atomic E-state index is 0.0287. The zero-order chi connectivity index (χ0) is 19.8. The molecular formula is C24H28N2O2. The van der Waals surface area contributed by atoms with Gasteiger partial charge in [0, 0.05) is 24.7 Å². The van der Waals surface area contributed by atoms with Crippen LogP contribution in [0.1, 0.15) is 37.3 Å². The highest BCUT2D eigenvalue weighted by Crippen LogP contribution is 2.32. The Kier molecular flexibility index (Phi) is 7.15. The fourth-order valence-corrected chi connectivity index (χ4v) is 3.57. The van der Waals surface area contributed by atoms with Gasteiger partial charge in [-0.3, -0.25) is 9.78 Å². The second kappa shape index (κ2) is 10.00. The zero-order valence-electron chi connectivity index (χ0n) is 16.4. The molecule has 1 heterocycles. The smallest absolute Gasteiger partial charge is 0.224 e. The summed E-state index contributed by atoms with van der Waals surface area (Å²) in [4.78, 5) is 17.2. The summed E-state index contributed by atoms with van der Waals surface area (Å²) in [5, 5.41) is 13.4. The van der Waals surface area contributed by atoms with Crippen molar-refractivity contribution < 1.29 is 9.90 Å². The van der Waals surface area contributed by atoms with Gasteiger partial charge in [-0.2, -0.15) is 0 Å². The summed E-state index contributed by atoms with van der Waals surface area (Å²) < 4.78 is 0. The van der Waals surface area contributed by atoms with E-state index in [1.54, 1.807) is 0 Å². The van der Waals surface area contributed by atoms with Crippen molar-refractivity contribution in [3.63, 3.8) is 0 Å². The molecule has 28 heavy (non-hydrogen) atoms. The molecule has 3 rings (SSSR count). The number of fused-ring (bicyclic) bond motifs is 1. The van der Waals surface area contributed by atoms with Gasteiger partial charge in [-0.05, 0) is 35.1 Å². The molecule has 0 aliphatic heterocycles. The lowest BCUT2D eigenvalue weighted by molar-refractivity contribution is -0.120. The Bertz CT molecular complexity index is 923. The summed E-state index contributed by atoms with van der Waals surface area (Å²) in [7, 11) is 0. The molecule has 0 saturated carbocycles. The minimum absolute atomic E-state index is 0.0287. The molecule has 0 aliphatic rings. The minimum Gasteiger partial charge on any atom is -0.396 e. The zero-order valence-corrected chi connectivity index (χ0v) is 16.4. The lowest BCUT2D eigenvalue weighted by Crippen LogP contribution is -2.26. The number of nitrogens with one attached hydrogen (secondary N) is 1. The predicted molar refractivity (Wildman–Crippen MR) is 114 cm³/mol. The van der Waals surface area contributed by atoms with Gasteiger partial charge < -0.3 is 10.4 Å². The molecule has 1 aromatic heterocycles. The molecule has 0 saturated heterocycles. The molecule has 1 amide bonds. The van der Waals surface area contributed by atoms with Crippen LogP contribution >= 0.6 is 0 Å². The maximum atomic E-state index is 12.5. The number of rotatable bonds is 9. The van der Waals surface area contributed by atoms with Gasteiger partial charge >= 0.3 is 0 Å². The Hall–Kier alpha value is -2.72. The van der Waals surface area contributed by atoms with Crippen molar-refractivity contribution in [1.82, 2.24) is 10.3 Å². The van der Waals surface area contributed by atoms with E-state index in [1.165, 1.54) is 0 Å². The molecular weight excluding hydrogens is 348 g/mol. The van der Waals surface area contributed by atoms with Crippen LogP contribution in [0.5, 0.6) is 0 Å². The van der Waals surface area contributed by atoms with Crippen LogP contribution in [0, 0.1) is 0 Å². The molecule has 2 aromatic carbocycles. The molecule has 0 radical (unpaired) electrons. The monoisotopic (exact) mass is 376 g/mol. The van der Waals surface area contributed by atoms with E-state index in [1.807, 2.05) is 42.6 Å². The highest BCUT2D eigenvalue weighted by Gasteiger charge is 2.15. The van der Waals surface area contributed by atoms with E-state index in [-0.39, 0.29) is 12.5 Å². The van der Waals surface area contributed by atoms with Gasteiger partial charge in [0.2, 0.25) is 5.91 Å². The highest BCUT2D eigenvalue weighted by molar-refractivity contribution is 5.98. The number of carbonyl (C=O) groups excluding carboxylic acids is 1. The molecule has 0 aliphatic carbocycles. The summed E-state index contributed by atoms with van der Waals surface area (Å²) >= 11 is 0. The lowest BCUT2D eigenvalue weighted by atomic mass is 9.93. The number of unbranched alkanes of at least 4 members (excludes halogenated alkanes) is 2. The number of aliphatic hydroxyl groups excluding tert-OH is 1. The number of para-hydroxylation sites is 1. The lowest BCUT2D eigenvalue weighted by Gasteiger charge is -2.15. The maximum Gasteiger partial charge on any atom is 0.224 e. The SMILES string of the molecule is CCCCCNC(=O)Cc1cnc2c(CCO)cccc2c1-c1ccccc1. The molecule has 0 atom stereocenters. The normalized spacial score (nSPS) is 10.9. The number of nitrogens with zero attached hydrogens (tertiary/aromatic N) is 1. The van der Waals surface area contributed by atoms with Crippen molar-refractivity contribution in [2.24, 2.45) is 0 Å². The third-order valence-corrected chi connectivity index (χ3v) is 4.96. The van der Waals surface area contributed by atoms with E-state index < -0.39 is 0 Å². The molecule has 0 fully saturated rings. The topological polar surface area (TPSA) is 62.2 Å². The van der Waals surface area contributed by atoms with Gasteiger partial charge in [-0.1, -0.05) is 68.3 Å². The number of pyridine rings is 1. The molecule has 0 unspecified atom stereocenters. The van der Waals surface area contributed by atoms with E-state index in [2.05, 4.69) is 29.4 Å². The van der Waals surface area contributed by atoms with E-state index in [0.717, 1.165) is 59.0 Å². The standard InChI is InChI=1S/C24H28N2O2/c1-2-3-7-14-25-22(28)16-20-17-26-24-19(13-15-27)11-8-12-21(24)23(20)18-9-5-4-6-10-18/h4-6,8-12,17,27H,2-3,7,13-16H2,1H3,(H,25,28). The third kappa shape index (κ3) is 4.76. The van der Waals surface area contributed by atoms with Crippen LogP contribution in [0.2, 0.25) is 0 Å². The number of carbonyl (C=O) groups is 1. The number of hydrogen-bond acceptors (Lipinski definition) is 3. The van der Waals surface area contributed by atoms with Crippen molar-refractivity contribution in [3.05, 3.63) is 65.9 Å². The Morgan fingerprint density at radius 3 is 2.61 bits per heavy atom. The molecule has 0 spiro atoms. The van der Waals surface area contributed by atoms with Gasteiger partial charge in [0.05, 0.1) is 11.9 Å². The second-order valence-electron chi connectivity index (χ2n) is 7.05. The van der Waals surface area contributed by atoms with Crippen molar-refractivity contribution in [3.8, 4) is 11.1 Å². The Balaban J connectivity index is 1.99. The van der Waals surface area contributed by atoms with Crippen LogP contribution in [0.3, 0.4) is 0 Å². The quantitative estimate of drug-likeness (QED) is 0.548. The average Bonchev–Trinajstić information content (AvgIpc) is 2.72. The van der Waals surface area contributed by atoms with Gasteiger partial charge in [-0.15, -0.1) is 0 Å². The first-order valence-corrected chi connectivity index (χ1v) is 10.1. The van der Waals surface area contributed by atoms with Crippen LogP contribution in [0.15, 0.2) is 54.7 Å². The van der Waals surface area contributed by atoms with E-state index in [0.29, 0.717) is 12.8 Å². The highest BCUT2D eigenvalue weighted by atomic mass is 16.3. The van der Waals surface area contributed by atoms with Crippen molar-refractivity contribution >= 4 is 16.8 Å². The van der Waals surface area contributed by atoms with Gasteiger partial charge in [0.15, 0.2) is 0 Å². The second-order valence-corrected chi connectivity index (χ2v) is 7.05. The number of hydrogen-bond donors (Lipinski definition) is 2. The maximum absolute atomic E-state index is 12.5. The average molecular weight is 377 g/mol. The van der Waals surface area contributed by atoms with E-state index in [9.17, 15) is 9.90 Å². The molecule has 3 aromatic rings. The van der Waals surface area contributed by atoms with Gasteiger partial charge in [-0.25, -0.2) is 0 Å². The Labute approximate surface area is 166 Å². The van der Waals surface area contributed by atoms with Crippen LogP contribution in [-0.2, 0) is 17.6 Å².